The van der Waals surface area contributed by atoms with Gasteiger partial charge in [0.15, 0.2) is 0 Å². The number of halogens is 5. The third-order valence-electron chi connectivity index (χ3n) is 1.76. The van der Waals surface area contributed by atoms with E-state index in [1.807, 2.05) is 0 Å². The number of nitrogens with two attached hydrogens (primary N) is 1. The van der Waals surface area contributed by atoms with Gasteiger partial charge in [-0.2, -0.15) is 8.78 Å². The van der Waals surface area contributed by atoms with Gasteiger partial charge in [0, 0.05) is 0 Å². The van der Waals surface area contributed by atoms with Crippen molar-refractivity contribution >= 4 is 12.4 Å². The lowest BCUT2D eigenvalue weighted by molar-refractivity contribution is -0.166. The number of ether oxygens (including phenoxy) is 1. The zero-order chi connectivity index (χ0) is 12.4. The fraction of sp³-hybridized carbons (Fsp3) is 0.250. The summed E-state index contributed by atoms with van der Waals surface area (Å²) in [6, 6.07) is 3.02. The third kappa shape index (κ3) is 3.37. The highest BCUT2D eigenvalue weighted by atomic mass is 19.4. The summed E-state index contributed by atoms with van der Waals surface area (Å²) in [4.78, 5) is 0. The van der Waals surface area contributed by atoms with Crippen molar-refractivity contribution < 1.29 is 26.5 Å². The molecular formula is C8H8BF5NO-. The standard InChI is InChI=1S/C8H8BF5NO/c10-8(11,5-15)16-7-3-1-6(2-4-7)9(12,13)14/h1-4H,5,15H2/q-1. The van der Waals surface area contributed by atoms with E-state index >= 15 is 0 Å². The van der Waals surface area contributed by atoms with Crippen molar-refractivity contribution in [2.45, 2.75) is 6.11 Å². The van der Waals surface area contributed by atoms with Crippen molar-refractivity contribution in [3.8, 4) is 5.75 Å². The maximum absolute atomic E-state index is 12.6. The second-order valence-corrected chi connectivity index (χ2v) is 3.09. The SMILES string of the molecule is NCC(F)(F)Oc1ccc([B-](F)(F)F)cc1. The molecule has 0 radical (unpaired) electrons. The van der Waals surface area contributed by atoms with Gasteiger partial charge in [-0.3, -0.25) is 0 Å². The molecule has 0 aliphatic rings. The Bertz CT molecular complexity index is 350. The Balaban J connectivity index is 2.80. The third-order valence-corrected chi connectivity index (χ3v) is 1.76. The predicted molar refractivity (Wildman–Crippen MR) is 49.8 cm³/mol. The highest BCUT2D eigenvalue weighted by Crippen LogP contribution is 2.20. The quantitative estimate of drug-likeness (QED) is 0.641. The van der Waals surface area contributed by atoms with E-state index in [0.29, 0.717) is 12.1 Å². The van der Waals surface area contributed by atoms with Crippen LogP contribution in [-0.4, -0.2) is 19.6 Å². The van der Waals surface area contributed by atoms with Crippen molar-refractivity contribution in [3.05, 3.63) is 24.3 Å². The van der Waals surface area contributed by atoms with Crippen LogP contribution in [0.1, 0.15) is 0 Å². The maximum Gasteiger partial charge on any atom is 0.509 e. The summed E-state index contributed by atoms with van der Waals surface area (Å²) in [5, 5.41) is 0. The number of alkyl halides is 2. The summed E-state index contributed by atoms with van der Waals surface area (Å²) in [6.45, 7) is -6.17. The van der Waals surface area contributed by atoms with Crippen LogP contribution in [0.15, 0.2) is 24.3 Å². The van der Waals surface area contributed by atoms with Gasteiger partial charge in [0.2, 0.25) is 0 Å². The molecule has 0 fully saturated rings. The van der Waals surface area contributed by atoms with Crippen molar-refractivity contribution in [1.82, 2.24) is 0 Å². The monoisotopic (exact) mass is 240 g/mol. The average molecular weight is 240 g/mol. The smallest absolute Gasteiger partial charge is 0.445 e. The second-order valence-electron chi connectivity index (χ2n) is 3.09. The molecule has 0 saturated carbocycles. The molecule has 0 aliphatic heterocycles. The van der Waals surface area contributed by atoms with Crippen LogP contribution in [0.25, 0.3) is 0 Å². The van der Waals surface area contributed by atoms with Crippen LogP contribution in [-0.2, 0) is 0 Å². The molecule has 8 heteroatoms. The lowest BCUT2D eigenvalue weighted by Crippen LogP contribution is -2.35. The Labute approximate surface area is 88.2 Å². The largest absolute Gasteiger partial charge is 0.509 e. The second kappa shape index (κ2) is 4.29. The molecule has 1 aromatic rings. The summed E-state index contributed by atoms with van der Waals surface area (Å²) < 4.78 is 65.8. The fourth-order valence-electron chi connectivity index (χ4n) is 0.968. The van der Waals surface area contributed by atoms with Gasteiger partial charge in [0.05, 0.1) is 6.54 Å². The van der Waals surface area contributed by atoms with Crippen molar-refractivity contribution in [1.29, 1.82) is 0 Å². The summed E-state index contributed by atoms with van der Waals surface area (Å²) in [6.07, 6.45) is -3.58. The summed E-state index contributed by atoms with van der Waals surface area (Å²) in [5.74, 6) is -0.362. The molecule has 0 unspecified atom stereocenters. The first kappa shape index (κ1) is 12.8. The van der Waals surface area contributed by atoms with E-state index in [-0.39, 0.29) is 5.75 Å². The summed E-state index contributed by atoms with van der Waals surface area (Å²) in [7, 11) is 0. The zero-order valence-corrected chi connectivity index (χ0v) is 7.97. The van der Waals surface area contributed by atoms with Crippen LogP contribution in [0.5, 0.6) is 5.75 Å². The van der Waals surface area contributed by atoms with Crippen LogP contribution in [0, 0.1) is 0 Å². The summed E-state index contributed by atoms with van der Waals surface area (Å²) in [5.41, 5.74) is 3.83. The van der Waals surface area contributed by atoms with Crippen molar-refractivity contribution in [2.75, 3.05) is 6.54 Å². The Kier molecular flexibility index (Phi) is 3.42. The molecule has 2 N–H and O–H groups in total. The van der Waals surface area contributed by atoms with E-state index in [4.69, 9.17) is 5.73 Å². The zero-order valence-electron chi connectivity index (χ0n) is 7.97. The van der Waals surface area contributed by atoms with Gasteiger partial charge in [-0.15, -0.1) is 5.46 Å². The minimum absolute atomic E-state index is 0.362. The number of hydrogen-bond donors (Lipinski definition) is 1. The number of benzene rings is 1. The Hall–Kier alpha value is -1.31. The molecule has 0 spiro atoms. The number of hydrogen-bond acceptors (Lipinski definition) is 2. The first-order valence-corrected chi connectivity index (χ1v) is 4.31. The number of rotatable bonds is 4. The minimum atomic E-state index is -5.13. The molecule has 0 heterocycles. The molecule has 0 amide bonds. The molecule has 1 aromatic carbocycles. The van der Waals surface area contributed by atoms with Gasteiger partial charge in [-0.05, 0) is 12.1 Å². The Morgan fingerprint density at radius 1 is 1.12 bits per heavy atom. The molecule has 90 valence electrons. The average Bonchev–Trinajstić information content (AvgIpc) is 2.16. The van der Waals surface area contributed by atoms with Crippen LogP contribution in [0.4, 0.5) is 21.7 Å². The van der Waals surface area contributed by atoms with Gasteiger partial charge in [-0.1, -0.05) is 12.1 Å². The van der Waals surface area contributed by atoms with Crippen LogP contribution >= 0.6 is 0 Å². The topological polar surface area (TPSA) is 35.2 Å². The Morgan fingerprint density at radius 3 is 2.00 bits per heavy atom. The highest BCUT2D eigenvalue weighted by Gasteiger charge is 2.30. The molecule has 0 bridgehead atoms. The molecule has 0 atom stereocenters. The predicted octanol–water partition coefficient (Wildman–Crippen LogP) is 1.67. The molecule has 0 aliphatic carbocycles. The van der Waals surface area contributed by atoms with Gasteiger partial charge in [0.1, 0.15) is 5.75 Å². The van der Waals surface area contributed by atoms with Crippen LogP contribution in [0.3, 0.4) is 0 Å². The van der Waals surface area contributed by atoms with E-state index in [1.54, 1.807) is 0 Å². The molecule has 0 saturated heterocycles. The van der Waals surface area contributed by atoms with Gasteiger partial charge in [0.25, 0.3) is 0 Å². The first-order valence-electron chi connectivity index (χ1n) is 4.31. The lowest BCUT2D eigenvalue weighted by atomic mass is 9.80. The van der Waals surface area contributed by atoms with Crippen molar-refractivity contribution in [2.24, 2.45) is 5.73 Å². The lowest BCUT2D eigenvalue weighted by Gasteiger charge is -2.18. The van der Waals surface area contributed by atoms with Gasteiger partial charge in [-0.25, -0.2) is 0 Å². The van der Waals surface area contributed by atoms with E-state index in [0.717, 1.165) is 12.1 Å². The highest BCUT2D eigenvalue weighted by molar-refractivity contribution is 6.73. The molecule has 16 heavy (non-hydrogen) atoms. The van der Waals surface area contributed by atoms with Gasteiger partial charge < -0.3 is 23.4 Å². The molecule has 2 nitrogen and oxygen atoms in total. The fourth-order valence-corrected chi connectivity index (χ4v) is 0.968. The van der Waals surface area contributed by atoms with Crippen LogP contribution < -0.4 is 15.9 Å². The van der Waals surface area contributed by atoms with E-state index < -0.39 is 25.1 Å². The van der Waals surface area contributed by atoms with Crippen LogP contribution in [0.2, 0.25) is 0 Å². The summed E-state index contributed by atoms with van der Waals surface area (Å²) >= 11 is 0. The molecule has 1 rings (SSSR count). The van der Waals surface area contributed by atoms with E-state index in [1.165, 1.54) is 0 Å². The molecule has 0 aromatic heterocycles. The van der Waals surface area contributed by atoms with E-state index in [2.05, 4.69) is 4.74 Å². The van der Waals surface area contributed by atoms with Crippen molar-refractivity contribution in [3.63, 3.8) is 0 Å². The first-order chi connectivity index (χ1) is 7.24. The minimum Gasteiger partial charge on any atom is -0.445 e. The normalized spacial score (nSPS) is 12.6. The maximum atomic E-state index is 12.6. The van der Waals surface area contributed by atoms with Gasteiger partial charge >= 0.3 is 13.1 Å². The van der Waals surface area contributed by atoms with E-state index in [9.17, 15) is 21.7 Å². The molecular weight excluding hydrogens is 232 g/mol. The Morgan fingerprint density at radius 2 is 1.62 bits per heavy atom.